The van der Waals surface area contributed by atoms with Gasteiger partial charge in [0.25, 0.3) is 0 Å². The Labute approximate surface area is 124 Å². The molecule has 0 amide bonds. The second-order valence-corrected chi connectivity index (χ2v) is 6.69. The minimum atomic E-state index is -3.48. The maximum atomic E-state index is 12.5. The van der Waals surface area contributed by atoms with Gasteiger partial charge in [-0.2, -0.15) is 4.31 Å². The number of benzene rings is 1. The number of nitrogens with zero attached hydrogens (tertiary/aromatic N) is 1. The molecule has 1 saturated heterocycles. The molecule has 0 bridgehead atoms. The van der Waals surface area contributed by atoms with Crippen LogP contribution in [-0.4, -0.2) is 50.0 Å². The third kappa shape index (κ3) is 4.13. The van der Waals surface area contributed by atoms with Gasteiger partial charge in [-0.05, 0) is 36.7 Å². The maximum Gasteiger partial charge on any atom is 0.328 e. The van der Waals surface area contributed by atoms with E-state index in [9.17, 15) is 13.2 Å². The van der Waals surface area contributed by atoms with Crippen LogP contribution in [0.3, 0.4) is 0 Å². The van der Waals surface area contributed by atoms with Crippen LogP contribution in [0, 0.1) is 0 Å². The summed E-state index contributed by atoms with van der Waals surface area (Å²) in [4.78, 5) is 10.7. The number of sulfonamides is 1. The summed E-state index contributed by atoms with van der Waals surface area (Å²) in [5, 5.41) is 11.7. The molecule has 0 saturated carbocycles. The lowest BCUT2D eigenvalue weighted by Crippen LogP contribution is -2.34. The monoisotopic (exact) mass is 310 g/mol. The lowest BCUT2D eigenvalue weighted by atomic mass is 10.2. The van der Waals surface area contributed by atoms with Crippen LogP contribution in [0.4, 0.5) is 0 Å². The van der Waals surface area contributed by atoms with Crippen molar-refractivity contribution in [2.45, 2.75) is 11.3 Å². The second kappa shape index (κ2) is 6.84. The number of carboxylic acids is 1. The highest BCUT2D eigenvalue weighted by Gasteiger charge is 2.24. The first-order valence-corrected chi connectivity index (χ1v) is 8.16. The minimum Gasteiger partial charge on any atom is -0.478 e. The molecular weight excluding hydrogens is 292 g/mol. The molecule has 1 aromatic carbocycles. The Bertz CT molecular complexity index is 615. The van der Waals surface area contributed by atoms with E-state index in [4.69, 9.17) is 5.11 Å². The van der Waals surface area contributed by atoms with Crippen molar-refractivity contribution in [1.82, 2.24) is 9.62 Å². The molecule has 1 fully saturated rings. The summed E-state index contributed by atoms with van der Waals surface area (Å²) >= 11 is 0. The van der Waals surface area contributed by atoms with Crippen molar-refractivity contribution in [3.8, 4) is 0 Å². The van der Waals surface area contributed by atoms with Crippen LogP contribution >= 0.6 is 0 Å². The van der Waals surface area contributed by atoms with E-state index in [0.29, 0.717) is 25.2 Å². The number of hydrogen-bond acceptors (Lipinski definition) is 4. The fourth-order valence-electron chi connectivity index (χ4n) is 2.13. The highest BCUT2D eigenvalue weighted by atomic mass is 32.2. The molecule has 1 heterocycles. The van der Waals surface area contributed by atoms with E-state index < -0.39 is 16.0 Å². The van der Waals surface area contributed by atoms with Crippen molar-refractivity contribution >= 4 is 22.1 Å². The van der Waals surface area contributed by atoms with Crippen molar-refractivity contribution in [2.24, 2.45) is 0 Å². The average molecular weight is 310 g/mol. The van der Waals surface area contributed by atoms with Gasteiger partial charge in [-0.25, -0.2) is 13.2 Å². The number of carbonyl (C=O) groups is 1. The molecule has 0 radical (unpaired) electrons. The fraction of sp³-hybridized carbons (Fsp3) is 0.357. The Morgan fingerprint density at radius 1 is 1.19 bits per heavy atom. The van der Waals surface area contributed by atoms with E-state index in [1.54, 1.807) is 12.1 Å². The summed E-state index contributed by atoms with van der Waals surface area (Å²) in [5.74, 6) is -1.04. The van der Waals surface area contributed by atoms with Crippen LogP contribution in [0.5, 0.6) is 0 Å². The zero-order chi connectivity index (χ0) is 15.3. The highest BCUT2D eigenvalue weighted by molar-refractivity contribution is 7.89. The molecule has 1 aromatic rings. The van der Waals surface area contributed by atoms with Gasteiger partial charge in [-0.3, -0.25) is 0 Å². The molecule has 2 rings (SSSR count). The van der Waals surface area contributed by atoms with Crippen molar-refractivity contribution < 1.29 is 18.3 Å². The molecule has 2 N–H and O–H groups in total. The quantitative estimate of drug-likeness (QED) is 0.802. The normalized spacial score (nSPS) is 17.7. The maximum absolute atomic E-state index is 12.5. The van der Waals surface area contributed by atoms with Crippen LogP contribution in [0.1, 0.15) is 12.0 Å². The first-order valence-electron chi connectivity index (χ1n) is 6.72. The van der Waals surface area contributed by atoms with Gasteiger partial charge in [0, 0.05) is 25.7 Å². The second-order valence-electron chi connectivity index (χ2n) is 4.75. The molecule has 21 heavy (non-hydrogen) atoms. The smallest absolute Gasteiger partial charge is 0.328 e. The first kappa shape index (κ1) is 15.7. The van der Waals surface area contributed by atoms with Crippen molar-refractivity contribution in [2.75, 3.05) is 26.2 Å². The molecule has 114 valence electrons. The van der Waals surface area contributed by atoms with Gasteiger partial charge in [-0.15, -0.1) is 0 Å². The van der Waals surface area contributed by atoms with Crippen LogP contribution in [0.15, 0.2) is 35.2 Å². The lowest BCUT2D eigenvalue weighted by Gasteiger charge is -2.19. The van der Waals surface area contributed by atoms with E-state index in [2.05, 4.69) is 5.32 Å². The SMILES string of the molecule is O=C(O)C=Cc1ccc(S(=O)(=O)N2CCCNCC2)cc1. The summed E-state index contributed by atoms with van der Waals surface area (Å²) in [6.45, 7) is 2.45. The third-order valence-corrected chi connectivity index (χ3v) is 5.15. The van der Waals surface area contributed by atoms with Gasteiger partial charge in [-0.1, -0.05) is 12.1 Å². The molecule has 0 aromatic heterocycles. The van der Waals surface area contributed by atoms with E-state index in [0.717, 1.165) is 19.0 Å². The van der Waals surface area contributed by atoms with Crippen molar-refractivity contribution in [3.05, 3.63) is 35.9 Å². The molecule has 1 aliphatic heterocycles. The van der Waals surface area contributed by atoms with Gasteiger partial charge < -0.3 is 10.4 Å². The summed E-state index contributed by atoms with van der Waals surface area (Å²) in [6, 6.07) is 6.22. The zero-order valence-electron chi connectivity index (χ0n) is 11.5. The number of hydrogen-bond donors (Lipinski definition) is 2. The largest absolute Gasteiger partial charge is 0.478 e. The van der Waals surface area contributed by atoms with Gasteiger partial charge in [0.05, 0.1) is 4.90 Å². The summed E-state index contributed by atoms with van der Waals surface area (Å²) in [6.07, 6.45) is 3.23. The Hall–Kier alpha value is -1.70. The predicted octanol–water partition coefficient (Wildman–Crippen LogP) is 0.768. The molecule has 0 unspecified atom stereocenters. The lowest BCUT2D eigenvalue weighted by molar-refractivity contribution is -0.131. The van der Waals surface area contributed by atoms with E-state index in [1.165, 1.54) is 22.5 Å². The van der Waals surface area contributed by atoms with Crippen molar-refractivity contribution in [3.63, 3.8) is 0 Å². The van der Waals surface area contributed by atoms with E-state index in [-0.39, 0.29) is 4.90 Å². The predicted molar refractivity (Wildman–Crippen MR) is 79.4 cm³/mol. The minimum absolute atomic E-state index is 0.233. The van der Waals surface area contributed by atoms with Crippen LogP contribution in [0.2, 0.25) is 0 Å². The molecule has 0 spiro atoms. The Balaban J connectivity index is 2.18. The fourth-order valence-corrected chi connectivity index (χ4v) is 3.61. The van der Waals surface area contributed by atoms with Gasteiger partial charge in [0.15, 0.2) is 0 Å². The third-order valence-electron chi connectivity index (χ3n) is 3.24. The van der Waals surface area contributed by atoms with Gasteiger partial charge in [0.1, 0.15) is 0 Å². The topological polar surface area (TPSA) is 86.7 Å². The summed E-state index contributed by atoms with van der Waals surface area (Å²) in [5.41, 5.74) is 0.647. The number of rotatable bonds is 4. The van der Waals surface area contributed by atoms with Gasteiger partial charge in [0.2, 0.25) is 10.0 Å². The molecule has 7 heteroatoms. The molecular formula is C14H18N2O4S. The van der Waals surface area contributed by atoms with Gasteiger partial charge >= 0.3 is 5.97 Å². The van der Waals surface area contributed by atoms with E-state index >= 15 is 0 Å². The van der Waals surface area contributed by atoms with Crippen LogP contribution in [0.25, 0.3) is 6.08 Å². The first-order chi connectivity index (χ1) is 10.00. The molecule has 0 atom stereocenters. The summed E-state index contributed by atoms with van der Waals surface area (Å²) in [7, 11) is -3.48. The average Bonchev–Trinajstić information content (AvgIpc) is 2.75. The number of aliphatic carboxylic acids is 1. The Morgan fingerprint density at radius 2 is 1.90 bits per heavy atom. The number of nitrogens with one attached hydrogen (secondary N) is 1. The Morgan fingerprint density at radius 3 is 2.57 bits per heavy atom. The Kier molecular flexibility index (Phi) is 5.11. The molecule has 0 aliphatic carbocycles. The van der Waals surface area contributed by atoms with Crippen molar-refractivity contribution in [1.29, 1.82) is 0 Å². The standard InChI is InChI=1S/C14H18N2O4S/c17-14(18)7-4-12-2-5-13(6-3-12)21(19,20)16-10-1-8-15-9-11-16/h2-7,15H,1,8-11H2,(H,17,18). The van der Waals surface area contributed by atoms with Crippen LogP contribution in [-0.2, 0) is 14.8 Å². The highest BCUT2D eigenvalue weighted by Crippen LogP contribution is 2.17. The zero-order valence-corrected chi connectivity index (χ0v) is 12.3. The molecule has 1 aliphatic rings. The number of carboxylic acid groups (broad SMARTS) is 1. The summed E-state index contributed by atoms with van der Waals surface area (Å²) < 4.78 is 26.5. The van der Waals surface area contributed by atoms with Crippen LogP contribution < -0.4 is 5.32 Å². The van der Waals surface area contributed by atoms with E-state index in [1.807, 2.05) is 0 Å². The molecule has 6 nitrogen and oxygen atoms in total.